The molecule has 3 rings (SSSR count). The second-order valence-corrected chi connectivity index (χ2v) is 5.49. The van der Waals surface area contributed by atoms with Gasteiger partial charge in [-0.05, 0) is 29.5 Å². The van der Waals surface area contributed by atoms with Crippen LogP contribution in [0.3, 0.4) is 0 Å². The SMILES string of the molecule is O=C(Cn1nnc(-c2cccc(C(F)(F)F)c2)n1)Nc1ccc(F)c(F)c1F. The predicted molar refractivity (Wildman–Crippen MR) is 83.2 cm³/mol. The summed E-state index contributed by atoms with van der Waals surface area (Å²) in [5, 5.41) is 12.9. The Morgan fingerprint density at radius 1 is 1.07 bits per heavy atom. The Bertz CT molecular complexity index is 1030. The number of halogens is 6. The molecule has 3 aromatic rings. The Hall–Kier alpha value is -3.44. The van der Waals surface area contributed by atoms with Crippen molar-refractivity contribution >= 4 is 11.6 Å². The minimum Gasteiger partial charge on any atom is -0.322 e. The molecular weight excluding hydrogens is 392 g/mol. The van der Waals surface area contributed by atoms with E-state index in [0.717, 1.165) is 29.1 Å². The van der Waals surface area contributed by atoms with Crippen LogP contribution in [0.15, 0.2) is 36.4 Å². The van der Waals surface area contributed by atoms with E-state index in [9.17, 15) is 31.1 Å². The largest absolute Gasteiger partial charge is 0.416 e. The number of amides is 1. The zero-order valence-corrected chi connectivity index (χ0v) is 13.6. The standard InChI is InChI=1S/C16H9F6N5O/c17-10-4-5-11(14(19)13(10)18)23-12(28)7-27-25-15(24-26-27)8-2-1-3-9(6-8)16(20,21)22/h1-6H,7H2,(H,23,28). The van der Waals surface area contributed by atoms with Crippen molar-refractivity contribution < 1.29 is 31.1 Å². The molecule has 0 unspecified atom stereocenters. The van der Waals surface area contributed by atoms with E-state index in [2.05, 4.69) is 15.4 Å². The van der Waals surface area contributed by atoms with E-state index in [1.54, 1.807) is 0 Å². The molecule has 0 atom stereocenters. The molecule has 1 N–H and O–H groups in total. The average Bonchev–Trinajstić information content (AvgIpc) is 3.10. The lowest BCUT2D eigenvalue weighted by Gasteiger charge is -2.07. The summed E-state index contributed by atoms with van der Waals surface area (Å²) in [4.78, 5) is 12.6. The molecular formula is C16H9F6N5O. The van der Waals surface area contributed by atoms with E-state index in [-0.39, 0.29) is 11.4 Å². The maximum atomic E-state index is 13.5. The first-order valence-electron chi connectivity index (χ1n) is 7.54. The minimum atomic E-state index is -4.56. The third-order valence-electron chi connectivity index (χ3n) is 3.50. The summed E-state index contributed by atoms with van der Waals surface area (Å²) >= 11 is 0. The molecule has 1 amide bonds. The molecule has 0 bridgehead atoms. The normalized spacial score (nSPS) is 11.5. The molecule has 1 aromatic heterocycles. The fourth-order valence-electron chi connectivity index (χ4n) is 2.20. The number of aromatic nitrogens is 4. The molecule has 6 nitrogen and oxygen atoms in total. The number of rotatable bonds is 4. The van der Waals surface area contributed by atoms with Crippen LogP contribution in [0.25, 0.3) is 11.4 Å². The summed E-state index contributed by atoms with van der Waals surface area (Å²) in [6, 6.07) is 5.64. The fourth-order valence-corrected chi connectivity index (χ4v) is 2.20. The molecule has 1 heterocycles. The van der Waals surface area contributed by atoms with Crippen LogP contribution >= 0.6 is 0 Å². The van der Waals surface area contributed by atoms with Crippen LogP contribution in [0, 0.1) is 17.5 Å². The smallest absolute Gasteiger partial charge is 0.322 e. The van der Waals surface area contributed by atoms with E-state index in [0.29, 0.717) is 6.07 Å². The van der Waals surface area contributed by atoms with E-state index in [1.807, 2.05) is 5.32 Å². The number of benzene rings is 2. The zero-order chi connectivity index (χ0) is 20.5. The Morgan fingerprint density at radius 2 is 1.82 bits per heavy atom. The Labute approximate surface area is 152 Å². The Morgan fingerprint density at radius 3 is 2.54 bits per heavy atom. The van der Waals surface area contributed by atoms with Crippen LogP contribution in [-0.2, 0) is 17.5 Å². The van der Waals surface area contributed by atoms with Crippen LogP contribution in [0.5, 0.6) is 0 Å². The summed E-state index contributed by atoms with van der Waals surface area (Å²) in [6.07, 6.45) is -4.56. The number of hydrogen-bond acceptors (Lipinski definition) is 4. The van der Waals surface area contributed by atoms with Crippen molar-refractivity contribution in [2.45, 2.75) is 12.7 Å². The summed E-state index contributed by atoms with van der Waals surface area (Å²) in [5.41, 5.74) is -1.48. The Kier molecular flexibility index (Phi) is 5.03. The van der Waals surface area contributed by atoms with Gasteiger partial charge in [-0.25, -0.2) is 13.2 Å². The minimum absolute atomic E-state index is 0.0214. The number of anilines is 1. The average molecular weight is 401 g/mol. The summed E-state index contributed by atoms with van der Waals surface area (Å²) in [5.74, 6) is -5.80. The maximum Gasteiger partial charge on any atom is 0.416 e. The number of hydrogen-bond donors (Lipinski definition) is 1. The van der Waals surface area contributed by atoms with Crippen LogP contribution < -0.4 is 5.32 Å². The van der Waals surface area contributed by atoms with Crippen LogP contribution in [-0.4, -0.2) is 26.1 Å². The van der Waals surface area contributed by atoms with E-state index < -0.39 is 47.3 Å². The Balaban J connectivity index is 1.73. The molecule has 0 spiro atoms. The lowest BCUT2D eigenvalue weighted by atomic mass is 10.1. The lowest BCUT2D eigenvalue weighted by molar-refractivity contribution is -0.137. The molecule has 146 valence electrons. The number of carbonyl (C=O) groups excluding carboxylic acids is 1. The van der Waals surface area contributed by atoms with Gasteiger partial charge < -0.3 is 5.32 Å². The quantitative estimate of drug-likeness (QED) is 0.537. The first kappa shape index (κ1) is 19.3. The lowest BCUT2D eigenvalue weighted by Crippen LogP contribution is -2.21. The molecule has 0 saturated carbocycles. The van der Waals surface area contributed by atoms with Gasteiger partial charge in [0, 0.05) is 5.56 Å². The third kappa shape index (κ3) is 4.10. The highest BCUT2D eigenvalue weighted by molar-refractivity contribution is 5.90. The highest BCUT2D eigenvalue weighted by Gasteiger charge is 2.30. The van der Waals surface area contributed by atoms with Crippen molar-refractivity contribution in [3.63, 3.8) is 0 Å². The molecule has 2 aromatic carbocycles. The number of alkyl halides is 3. The zero-order valence-electron chi connectivity index (χ0n) is 13.6. The van der Waals surface area contributed by atoms with Crippen LogP contribution in [0.1, 0.15) is 5.56 Å². The van der Waals surface area contributed by atoms with E-state index in [1.165, 1.54) is 6.07 Å². The van der Waals surface area contributed by atoms with Gasteiger partial charge in [-0.2, -0.15) is 18.0 Å². The van der Waals surface area contributed by atoms with Crippen molar-refractivity contribution in [1.82, 2.24) is 20.2 Å². The van der Waals surface area contributed by atoms with Gasteiger partial charge in [-0.15, -0.1) is 10.2 Å². The molecule has 0 aliphatic carbocycles. The number of nitrogens with one attached hydrogen (secondary N) is 1. The maximum absolute atomic E-state index is 13.5. The van der Waals surface area contributed by atoms with Crippen LogP contribution in [0.4, 0.5) is 32.0 Å². The van der Waals surface area contributed by atoms with Gasteiger partial charge in [0.1, 0.15) is 6.54 Å². The molecule has 12 heteroatoms. The van der Waals surface area contributed by atoms with Crippen molar-refractivity contribution in [2.75, 3.05) is 5.32 Å². The first-order valence-corrected chi connectivity index (χ1v) is 7.54. The highest BCUT2D eigenvalue weighted by Crippen LogP contribution is 2.31. The molecule has 0 aliphatic heterocycles. The monoisotopic (exact) mass is 401 g/mol. The number of nitrogens with zero attached hydrogens (tertiary/aromatic N) is 4. The highest BCUT2D eigenvalue weighted by atomic mass is 19.4. The molecule has 0 saturated heterocycles. The fraction of sp³-hybridized carbons (Fsp3) is 0.125. The van der Waals surface area contributed by atoms with Gasteiger partial charge in [0.05, 0.1) is 11.3 Å². The van der Waals surface area contributed by atoms with Crippen molar-refractivity contribution in [1.29, 1.82) is 0 Å². The van der Waals surface area contributed by atoms with Gasteiger partial charge in [0.25, 0.3) is 0 Å². The molecule has 0 fully saturated rings. The van der Waals surface area contributed by atoms with Crippen LogP contribution in [0.2, 0.25) is 0 Å². The van der Waals surface area contributed by atoms with E-state index >= 15 is 0 Å². The van der Waals surface area contributed by atoms with Gasteiger partial charge in [0.15, 0.2) is 17.5 Å². The van der Waals surface area contributed by atoms with Gasteiger partial charge in [0.2, 0.25) is 11.7 Å². The van der Waals surface area contributed by atoms with Gasteiger partial charge in [-0.1, -0.05) is 12.1 Å². The molecule has 0 aliphatic rings. The van der Waals surface area contributed by atoms with E-state index in [4.69, 9.17) is 0 Å². The molecule has 0 radical (unpaired) electrons. The number of tetrazole rings is 1. The first-order chi connectivity index (χ1) is 13.1. The van der Waals surface area contributed by atoms with Crippen molar-refractivity contribution in [3.8, 4) is 11.4 Å². The van der Waals surface area contributed by atoms with Gasteiger partial charge >= 0.3 is 6.18 Å². The third-order valence-corrected chi connectivity index (χ3v) is 3.50. The summed E-state index contributed by atoms with van der Waals surface area (Å²) < 4.78 is 77.9. The predicted octanol–water partition coefficient (Wildman–Crippen LogP) is 3.41. The topological polar surface area (TPSA) is 72.7 Å². The second kappa shape index (κ2) is 7.29. The summed E-state index contributed by atoms with van der Waals surface area (Å²) in [7, 11) is 0. The van der Waals surface area contributed by atoms with Gasteiger partial charge in [-0.3, -0.25) is 4.79 Å². The van der Waals surface area contributed by atoms with Crippen molar-refractivity contribution in [2.24, 2.45) is 0 Å². The van der Waals surface area contributed by atoms with Crippen molar-refractivity contribution in [3.05, 3.63) is 59.4 Å². The second-order valence-electron chi connectivity index (χ2n) is 5.49. The number of carbonyl (C=O) groups is 1. The summed E-state index contributed by atoms with van der Waals surface area (Å²) in [6.45, 7) is -0.593. The molecule has 28 heavy (non-hydrogen) atoms.